The molecule has 2 aromatic carbocycles. The van der Waals surface area contributed by atoms with Crippen molar-refractivity contribution in [2.24, 2.45) is 0 Å². The molecule has 0 amide bonds. The summed E-state index contributed by atoms with van der Waals surface area (Å²) in [7, 11) is 4.99. The molecular weight excluding hydrogens is 302 g/mol. The van der Waals surface area contributed by atoms with Gasteiger partial charge in [0.15, 0.2) is 11.5 Å². The normalized spacial score (nSPS) is 10.3. The summed E-state index contributed by atoms with van der Waals surface area (Å²) in [6, 6.07) is 12.2. The number of hydrogen-bond acceptors (Lipinski definition) is 4. The van der Waals surface area contributed by atoms with Crippen molar-refractivity contribution in [3.63, 3.8) is 0 Å². The molecule has 0 aliphatic carbocycles. The van der Waals surface area contributed by atoms with Crippen molar-refractivity contribution in [3.8, 4) is 17.2 Å². The lowest BCUT2D eigenvalue weighted by Gasteiger charge is -2.15. The highest BCUT2D eigenvalue weighted by atomic mass is 16.5. The van der Waals surface area contributed by atoms with Gasteiger partial charge in [-0.1, -0.05) is 24.3 Å². The van der Waals surface area contributed by atoms with Gasteiger partial charge in [-0.25, -0.2) is 0 Å². The minimum Gasteiger partial charge on any atom is -0.497 e. The van der Waals surface area contributed by atoms with Crippen LogP contribution in [-0.4, -0.2) is 21.3 Å². The van der Waals surface area contributed by atoms with Crippen molar-refractivity contribution in [2.45, 2.75) is 19.5 Å². The molecule has 4 nitrogen and oxygen atoms in total. The predicted octanol–water partition coefficient (Wildman–Crippen LogP) is 3.73. The van der Waals surface area contributed by atoms with Crippen molar-refractivity contribution in [1.82, 2.24) is 5.32 Å². The Morgan fingerprint density at radius 1 is 0.917 bits per heavy atom. The lowest BCUT2D eigenvalue weighted by Crippen LogP contribution is -2.13. The van der Waals surface area contributed by atoms with Crippen LogP contribution in [-0.2, 0) is 19.5 Å². The van der Waals surface area contributed by atoms with E-state index >= 15 is 0 Å². The number of benzene rings is 2. The van der Waals surface area contributed by atoms with Crippen LogP contribution in [0.2, 0.25) is 0 Å². The van der Waals surface area contributed by atoms with E-state index in [0.717, 1.165) is 47.9 Å². The Hall–Kier alpha value is -2.46. The fraction of sp³-hybridized carbons (Fsp3) is 0.300. The molecule has 0 heterocycles. The molecule has 128 valence electrons. The van der Waals surface area contributed by atoms with Gasteiger partial charge in [-0.15, -0.1) is 6.58 Å². The lowest BCUT2D eigenvalue weighted by molar-refractivity contribution is 0.351. The summed E-state index contributed by atoms with van der Waals surface area (Å²) in [6.45, 7) is 5.34. The monoisotopic (exact) mass is 327 g/mol. The molecule has 24 heavy (non-hydrogen) atoms. The number of nitrogens with one attached hydrogen (secondary N) is 1. The van der Waals surface area contributed by atoms with Gasteiger partial charge in [0, 0.05) is 18.7 Å². The molecule has 0 atom stereocenters. The maximum absolute atomic E-state index is 5.47. The summed E-state index contributed by atoms with van der Waals surface area (Å²) in [6.07, 6.45) is 2.61. The van der Waals surface area contributed by atoms with E-state index in [-0.39, 0.29) is 0 Å². The molecule has 0 spiro atoms. The minimum absolute atomic E-state index is 0.742. The van der Waals surface area contributed by atoms with Crippen molar-refractivity contribution >= 4 is 0 Å². The molecule has 0 fully saturated rings. The molecule has 0 aliphatic rings. The van der Waals surface area contributed by atoms with Crippen molar-refractivity contribution in [1.29, 1.82) is 0 Å². The fourth-order valence-corrected chi connectivity index (χ4v) is 2.61. The van der Waals surface area contributed by atoms with Gasteiger partial charge in [-0.2, -0.15) is 0 Å². The molecule has 4 heteroatoms. The third-order valence-corrected chi connectivity index (χ3v) is 3.80. The first-order chi connectivity index (χ1) is 11.7. The summed E-state index contributed by atoms with van der Waals surface area (Å²) in [5.74, 6) is 2.39. The standard InChI is InChI=1S/C20H25NO3/c1-5-6-17-11-16(12-19(23-3)20(17)24-4)14-21-13-15-7-9-18(22-2)10-8-15/h5,7-12,21H,1,6,13-14H2,2-4H3. The summed E-state index contributed by atoms with van der Waals surface area (Å²) in [5.41, 5.74) is 3.44. The average Bonchev–Trinajstić information content (AvgIpc) is 2.62. The summed E-state index contributed by atoms with van der Waals surface area (Å²) in [4.78, 5) is 0. The van der Waals surface area contributed by atoms with Crippen LogP contribution in [0.5, 0.6) is 17.2 Å². The van der Waals surface area contributed by atoms with Crippen molar-refractivity contribution in [3.05, 3.63) is 65.7 Å². The molecule has 0 radical (unpaired) electrons. The Bertz CT molecular complexity index is 665. The van der Waals surface area contributed by atoms with Crippen molar-refractivity contribution < 1.29 is 14.2 Å². The highest BCUT2D eigenvalue weighted by molar-refractivity contribution is 5.50. The Morgan fingerprint density at radius 2 is 1.62 bits per heavy atom. The van der Waals surface area contributed by atoms with E-state index in [4.69, 9.17) is 14.2 Å². The van der Waals surface area contributed by atoms with Gasteiger partial charge in [0.05, 0.1) is 21.3 Å². The van der Waals surface area contributed by atoms with Crippen LogP contribution in [0.3, 0.4) is 0 Å². The van der Waals surface area contributed by atoms with E-state index < -0.39 is 0 Å². The van der Waals surface area contributed by atoms with Gasteiger partial charge in [-0.05, 0) is 35.7 Å². The van der Waals surface area contributed by atoms with E-state index in [1.165, 1.54) is 5.56 Å². The van der Waals surface area contributed by atoms with Crippen LogP contribution in [0.1, 0.15) is 16.7 Å². The second-order valence-electron chi connectivity index (χ2n) is 5.43. The van der Waals surface area contributed by atoms with Crippen LogP contribution in [0.25, 0.3) is 0 Å². The van der Waals surface area contributed by atoms with Gasteiger partial charge in [-0.3, -0.25) is 0 Å². The predicted molar refractivity (Wildman–Crippen MR) is 97.0 cm³/mol. The molecule has 0 aliphatic heterocycles. The molecule has 2 aromatic rings. The zero-order valence-electron chi connectivity index (χ0n) is 14.6. The first-order valence-corrected chi connectivity index (χ1v) is 7.90. The van der Waals surface area contributed by atoms with Gasteiger partial charge in [0.1, 0.15) is 5.75 Å². The zero-order valence-corrected chi connectivity index (χ0v) is 14.6. The number of ether oxygens (including phenoxy) is 3. The Labute approximate surface area is 144 Å². The molecule has 0 saturated heterocycles. The summed E-state index contributed by atoms with van der Waals surface area (Å²) < 4.78 is 16.1. The van der Waals surface area contributed by atoms with Gasteiger partial charge >= 0.3 is 0 Å². The molecule has 0 saturated carbocycles. The zero-order chi connectivity index (χ0) is 17.4. The topological polar surface area (TPSA) is 39.7 Å². The number of rotatable bonds is 9. The van der Waals surface area contributed by atoms with E-state index in [2.05, 4.69) is 30.1 Å². The van der Waals surface area contributed by atoms with Crippen LogP contribution in [0.15, 0.2) is 49.1 Å². The Morgan fingerprint density at radius 3 is 2.21 bits per heavy atom. The largest absolute Gasteiger partial charge is 0.497 e. The molecule has 0 unspecified atom stereocenters. The van der Waals surface area contributed by atoms with Gasteiger partial charge < -0.3 is 19.5 Å². The lowest BCUT2D eigenvalue weighted by atomic mass is 10.1. The number of allylic oxidation sites excluding steroid dienone is 1. The fourth-order valence-electron chi connectivity index (χ4n) is 2.61. The van der Waals surface area contributed by atoms with Crippen LogP contribution >= 0.6 is 0 Å². The Balaban J connectivity index is 2.05. The van der Waals surface area contributed by atoms with Crippen LogP contribution in [0.4, 0.5) is 0 Å². The van der Waals surface area contributed by atoms with E-state index in [1.807, 2.05) is 24.3 Å². The molecule has 0 aromatic heterocycles. The highest BCUT2D eigenvalue weighted by Gasteiger charge is 2.11. The maximum atomic E-state index is 5.47. The minimum atomic E-state index is 0.742. The third kappa shape index (κ3) is 4.52. The maximum Gasteiger partial charge on any atom is 0.164 e. The second-order valence-corrected chi connectivity index (χ2v) is 5.43. The van der Waals surface area contributed by atoms with Crippen LogP contribution in [0, 0.1) is 0 Å². The first kappa shape index (κ1) is 17.9. The average molecular weight is 327 g/mol. The quantitative estimate of drug-likeness (QED) is 0.712. The summed E-state index contributed by atoms with van der Waals surface area (Å²) in [5, 5.41) is 3.45. The van der Waals surface area contributed by atoms with E-state index in [1.54, 1.807) is 21.3 Å². The molecule has 0 bridgehead atoms. The van der Waals surface area contributed by atoms with Crippen LogP contribution < -0.4 is 19.5 Å². The SMILES string of the molecule is C=CCc1cc(CNCc2ccc(OC)cc2)cc(OC)c1OC. The number of hydrogen-bond donors (Lipinski definition) is 1. The summed E-state index contributed by atoms with van der Waals surface area (Å²) >= 11 is 0. The molecule has 2 rings (SSSR count). The smallest absolute Gasteiger partial charge is 0.164 e. The Kier molecular flexibility index (Phi) is 6.70. The van der Waals surface area contributed by atoms with Gasteiger partial charge in [0.2, 0.25) is 0 Å². The van der Waals surface area contributed by atoms with E-state index in [9.17, 15) is 0 Å². The second kappa shape index (κ2) is 8.99. The highest BCUT2D eigenvalue weighted by Crippen LogP contribution is 2.33. The number of methoxy groups -OCH3 is 3. The molecule has 1 N–H and O–H groups in total. The first-order valence-electron chi connectivity index (χ1n) is 7.90. The van der Waals surface area contributed by atoms with E-state index in [0.29, 0.717) is 0 Å². The molecular formula is C20H25NO3. The van der Waals surface area contributed by atoms with Gasteiger partial charge in [0.25, 0.3) is 0 Å². The van der Waals surface area contributed by atoms with Crippen molar-refractivity contribution in [2.75, 3.05) is 21.3 Å². The third-order valence-electron chi connectivity index (χ3n) is 3.80.